The van der Waals surface area contributed by atoms with Crippen LogP contribution in [-0.4, -0.2) is 30.8 Å². The number of carbonyl (C=O) groups is 1. The largest absolute Gasteiger partial charge is 0.489 e. The maximum absolute atomic E-state index is 11.0. The first-order chi connectivity index (χ1) is 7.74. The Kier molecular flexibility index (Phi) is 2.81. The first-order valence-corrected chi connectivity index (χ1v) is 5.09. The standard InChI is InChI=1S/C12H13NO3/c1-2-6-13-7-8-16-11-9(12(14)15)4-3-5-10(11)13/h2-5H,1,6-8H2,(H,14,15). The number of carboxylic acids is 1. The lowest BCUT2D eigenvalue weighted by molar-refractivity contribution is 0.0692. The number of aromatic carboxylic acids is 1. The third-order valence-electron chi connectivity index (χ3n) is 2.52. The van der Waals surface area contributed by atoms with Crippen molar-refractivity contribution in [2.24, 2.45) is 0 Å². The predicted octanol–water partition coefficient (Wildman–Crippen LogP) is 1.77. The van der Waals surface area contributed by atoms with E-state index >= 15 is 0 Å². The third kappa shape index (κ3) is 1.74. The molecule has 0 bridgehead atoms. The van der Waals surface area contributed by atoms with Gasteiger partial charge in [-0.1, -0.05) is 12.1 Å². The van der Waals surface area contributed by atoms with E-state index in [-0.39, 0.29) is 5.56 Å². The molecule has 1 aliphatic rings. The van der Waals surface area contributed by atoms with Gasteiger partial charge in [0.2, 0.25) is 0 Å². The topological polar surface area (TPSA) is 49.8 Å². The average molecular weight is 219 g/mol. The lowest BCUT2D eigenvalue weighted by Crippen LogP contribution is -2.33. The van der Waals surface area contributed by atoms with Crippen LogP contribution in [0.1, 0.15) is 10.4 Å². The minimum absolute atomic E-state index is 0.214. The number of ether oxygens (including phenoxy) is 1. The van der Waals surface area contributed by atoms with Gasteiger partial charge in [0.25, 0.3) is 0 Å². The summed E-state index contributed by atoms with van der Waals surface area (Å²) in [6, 6.07) is 5.15. The summed E-state index contributed by atoms with van der Waals surface area (Å²) in [5, 5.41) is 9.04. The number of hydrogen-bond donors (Lipinski definition) is 1. The number of para-hydroxylation sites is 1. The Morgan fingerprint density at radius 1 is 1.62 bits per heavy atom. The van der Waals surface area contributed by atoms with Crippen molar-refractivity contribution in [3.63, 3.8) is 0 Å². The lowest BCUT2D eigenvalue weighted by atomic mass is 10.1. The maximum atomic E-state index is 11.0. The monoisotopic (exact) mass is 219 g/mol. The molecular weight excluding hydrogens is 206 g/mol. The minimum atomic E-state index is -0.961. The van der Waals surface area contributed by atoms with Gasteiger partial charge in [0, 0.05) is 6.54 Å². The molecule has 4 nitrogen and oxygen atoms in total. The third-order valence-corrected chi connectivity index (χ3v) is 2.52. The van der Waals surface area contributed by atoms with E-state index in [1.165, 1.54) is 0 Å². The molecule has 1 N–H and O–H groups in total. The van der Waals surface area contributed by atoms with Crippen LogP contribution in [-0.2, 0) is 0 Å². The van der Waals surface area contributed by atoms with Crippen molar-refractivity contribution >= 4 is 11.7 Å². The second-order valence-corrected chi connectivity index (χ2v) is 3.54. The van der Waals surface area contributed by atoms with Crippen LogP contribution in [0.15, 0.2) is 30.9 Å². The van der Waals surface area contributed by atoms with E-state index in [9.17, 15) is 4.79 Å². The Morgan fingerprint density at radius 2 is 2.44 bits per heavy atom. The molecule has 84 valence electrons. The highest BCUT2D eigenvalue weighted by Crippen LogP contribution is 2.34. The maximum Gasteiger partial charge on any atom is 0.339 e. The number of carboxylic acid groups (broad SMARTS) is 1. The summed E-state index contributed by atoms with van der Waals surface area (Å²) in [7, 11) is 0. The molecule has 0 atom stereocenters. The Labute approximate surface area is 93.8 Å². The van der Waals surface area contributed by atoms with Gasteiger partial charge in [0.1, 0.15) is 12.2 Å². The van der Waals surface area contributed by atoms with Crippen LogP contribution in [0.3, 0.4) is 0 Å². The smallest absolute Gasteiger partial charge is 0.339 e. The van der Waals surface area contributed by atoms with Crippen molar-refractivity contribution < 1.29 is 14.6 Å². The molecule has 0 amide bonds. The van der Waals surface area contributed by atoms with Gasteiger partial charge in [-0.05, 0) is 12.1 Å². The predicted molar refractivity (Wildman–Crippen MR) is 61.3 cm³/mol. The number of benzene rings is 1. The summed E-state index contributed by atoms with van der Waals surface area (Å²) in [6.07, 6.45) is 1.79. The van der Waals surface area contributed by atoms with Crippen LogP contribution < -0.4 is 9.64 Å². The molecule has 0 aromatic heterocycles. The fraction of sp³-hybridized carbons (Fsp3) is 0.250. The van der Waals surface area contributed by atoms with E-state index in [4.69, 9.17) is 9.84 Å². The van der Waals surface area contributed by atoms with Gasteiger partial charge in [0.15, 0.2) is 5.75 Å². The van der Waals surface area contributed by atoms with E-state index in [0.29, 0.717) is 18.9 Å². The number of hydrogen-bond acceptors (Lipinski definition) is 3. The molecule has 2 rings (SSSR count). The molecule has 4 heteroatoms. The van der Waals surface area contributed by atoms with Gasteiger partial charge in [-0.25, -0.2) is 4.79 Å². The summed E-state index contributed by atoms with van der Waals surface area (Å²) in [4.78, 5) is 13.1. The second-order valence-electron chi connectivity index (χ2n) is 3.54. The quantitative estimate of drug-likeness (QED) is 0.787. The van der Waals surface area contributed by atoms with Crippen molar-refractivity contribution in [1.82, 2.24) is 0 Å². The summed E-state index contributed by atoms with van der Waals surface area (Å²) in [5.41, 5.74) is 1.04. The highest BCUT2D eigenvalue weighted by molar-refractivity contribution is 5.93. The van der Waals surface area contributed by atoms with Crippen LogP contribution in [0.25, 0.3) is 0 Å². The Balaban J connectivity index is 2.46. The zero-order valence-electron chi connectivity index (χ0n) is 8.85. The second kappa shape index (κ2) is 4.26. The van der Waals surface area contributed by atoms with Crippen LogP contribution in [0.2, 0.25) is 0 Å². The van der Waals surface area contributed by atoms with Gasteiger partial charge in [-0.15, -0.1) is 6.58 Å². The van der Waals surface area contributed by atoms with Crippen molar-refractivity contribution in [2.45, 2.75) is 0 Å². The van der Waals surface area contributed by atoms with Crippen molar-refractivity contribution in [3.8, 4) is 5.75 Å². The highest BCUT2D eigenvalue weighted by Gasteiger charge is 2.22. The number of anilines is 1. The number of fused-ring (bicyclic) bond motifs is 1. The average Bonchev–Trinajstić information content (AvgIpc) is 2.29. The van der Waals surface area contributed by atoms with Gasteiger partial charge in [-0.2, -0.15) is 0 Å². The Hall–Kier alpha value is -1.97. The molecule has 0 saturated heterocycles. The fourth-order valence-electron chi connectivity index (χ4n) is 1.82. The van der Waals surface area contributed by atoms with Gasteiger partial charge in [-0.3, -0.25) is 0 Å². The zero-order chi connectivity index (χ0) is 11.5. The summed E-state index contributed by atoms with van der Waals surface area (Å²) >= 11 is 0. The van der Waals surface area contributed by atoms with E-state index in [1.54, 1.807) is 18.2 Å². The summed E-state index contributed by atoms with van der Waals surface area (Å²) in [6.45, 7) is 5.64. The Morgan fingerprint density at radius 3 is 3.12 bits per heavy atom. The zero-order valence-corrected chi connectivity index (χ0v) is 8.85. The summed E-state index contributed by atoms with van der Waals surface area (Å²) < 4.78 is 5.44. The van der Waals surface area contributed by atoms with Gasteiger partial charge < -0.3 is 14.7 Å². The molecule has 0 fully saturated rings. The molecule has 0 saturated carbocycles. The van der Waals surface area contributed by atoms with Crippen LogP contribution in [0.5, 0.6) is 5.75 Å². The van der Waals surface area contributed by atoms with E-state index < -0.39 is 5.97 Å². The van der Waals surface area contributed by atoms with E-state index in [2.05, 4.69) is 11.5 Å². The number of nitrogens with zero attached hydrogens (tertiary/aromatic N) is 1. The Bertz CT molecular complexity index is 428. The molecule has 1 aromatic rings. The molecule has 1 heterocycles. The highest BCUT2D eigenvalue weighted by atomic mass is 16.5. The first kappa shape index (κ1) is 10.5. The normalized spacial score (nSPS) is 13.9. The van der Waals surface area contributed by atoms with Crippen molar-refractivity contribution in [2.75, 3.05) is 24.6 Å². The van der Waals surface area contributed by atoms with Crippen LogP contribution >= 0.6 is 0 Å². The first-order valence-electron chi connectivity index (χ1n) is 5.09. The minimum Gasteiger partial charge on any atom is -0.489 e. The van der Waals surface area contributed by atoms with E-state index in [1.807, 2.05) is 6.07 Å². The van der Waals surface area contributed by atoms with Gasteiger partial charge >= 0.3 is 5.97 Å². The van der Waals surface area contributed by atoms with Crippen molar-refractivity contribution in [1.29, 1.82) is 0 Å². The summed E-state index contributed by atoms with van der Waals surface area (Å²) in [5.74, 6) is -0.500. The molecule has 1 aromatic carbocycles. The fourth-order valence-corrected chi connectivity index (χ4v) is 1.82. The SMILES string of the molecule is C=CCN1CCOc2c(C(=O)O)cccc21. The molecule has 0 spiro atoms. The molecule has 16 heavy (non-hydrogen) atoms. The van der Waals surface area contributed by atoms with E-state index in [0.717, 1.165) is 12.2 Å². The number of rotatable bonds is 3. The lowest BCUT2D eigenvalue weighted by Gasteiger charge is -2.30. The van der Waals surface area contributed by atoms with Gasteiger partial charge in [0.05, 0.1) is 12.2 Å². The molecular formula is C12H13NO3. The molecule has 0 unspecified atom stereocenters. The van der Waals surface area contributed by atoms with Crippen molar-refractivity contribution in [3.05, 3.63) is 36.4 Å². The molecule has 1 aliphatic heterocycles. The molecule has 0 radical (unpaired) electrons. The van der Waals surface area contributed by atoms with Crippen LogP contribution in [0.4, 0.5) is 5.69 Å². The van der Waals surface area contributed by atoms with Crippen LogP contribution in [0, 0.1) is 0 Å². The molecule has 0 aliphatic carbocycles.